The van der Waals surface area contributed by atoms with Crippen LogP contribution in [-0.2, 0) is 0 Å². The number of hydrogen-bond donors (Lipinski definition) is 0. The van der Waals surface area contributed by atoms with Crippen molar-refractivity contribution in [2.75, 3.05) is 49.1 Å². The van der Waals surface area contributed by atoms with Gasteiger partial charge in [-0.1, -0.05) is 18.2 Å². The molecule has 2 fully saturated rings. The van der Waals surface area contributed by atoms with Gasteiger partial charge in [-0.3, -0.25) is 4.79 Å². The molecular formula is C25H27FN4O. The van der Waals surface area contributed by atoms with Crippen LogP contribution >= 0.6 is 0 Å². The minimum absolute atomic E-state index is 0.112. The van der Waals surface area contributed by atoms with E-state index in [2.05, 4.69) is 14.8 Å². The molecule has 5 rings (SSSR count). The maximum atomic E-state index is 14.2. The molecule has 2 aliphatic rings. The predicted octanol–water partition coefficient (Wildman–Crippen LogP) is 4.33. The fraction of sp³-hybridized carbons (Fsp3) is 0.360. The molecule has 6 heteroatoms. The first-order chi connectivity index (χ1) is 15.2. The average molecular weight is 419 g/mol. The predicted molar refractivity (Wildman–Crippen MR) is 122 cm³/mol. The number of piperazine rings is 1. The Hall–Kier alpha value is -3.15. The van der Waals surface area contributed by atoms with Crippen LogP contribution in [0.5, 0.6) is 0 Å². The molecule has 0 spiro atoms. The van der Waals surface area contributed by atoms with E-state index in [9.17, 15) is 9.18 Å². The molecule has 2 saturated heterocycles. The van der Waals surface area contributed by atoms with Gasteiger partial charge in [0.05, 0.1) is 5.69 Å². The van der Waals surface area contributed by atoms with E-state index in [0.29, 0.717) is 5.69 Å². The number of halogens is 1. The molecule has 1 aromatic heterocycles. The number of nitrogens with zero attached hydrogens (tertiary/aromatic N) is 4. The van der Waals surface area contributed by atoms with Crippen molar-refractivity contribution in [3.63, 3.8) is 0 Å². The minimum atomic E-state index is -0.180. The Bertz CT molecular complexity index is 1090. The summed E-state index contributed by atoms with van der Waals surface area (Å²) in [6, 6.07) is 14.9. The Labute approximate surface area is 182 Å². The first kappa shape index (κ1) is 19.8. The van der Waals surface area contributed by atoms with Gasteiger partial charge in [-0.25, -0.2) is 9.37 Å². The average Bonchev–Trinajstić information content (AvgIpc) is 2.84. The molecule has 3 heterocycles. The monoisotopic (exact) mass is 418 g/mol. The van der Waals surface area contributed by atoms with E-state index < -0.39 is 0 Å². The zero-order valence-corrected chi connectivity index (χ0v) is 17.6. The lowest BCUT2D eigenvalue weighted by Gasteiger charge is -2.37. The van der Waals surface area contributed by atoms with Gasteiger partial charge in [0, 0.05) is 56.4 Å². The summed E-state index contributed by atoms with van der Waals surface area (Å²) < 4.78 is 14.2. The summed E-state index contributed by atoms with van der Waals surface area (Å²) in [6.45, 7) is 4.65. The van der Waals surface area contributed by atoms with Crippen molar-refractivity contribution in [1.29, 1.82) is 0 Å². The van der Waals surface area contributed by atoms with Crippen LogP contribution in [0.1, 0.15) is 29.6 Å². The molecule has 1 amide bonds. The van der Waals surface area contributed by atoms with E-state index in [-0.39, 0.29) is 11.7 Å². The quantitative estimate of drug-likeness (QED) is 0.635. The van der Waals surface area contributed by atoms with Crippen molar-refractivity contribution in [3.05, 3.63) is 66.1 Å². The standard InChI is InChI=1S/C25H27FN4O/c26-22-6-2-3-7-23(22)28-14-16-29(17-15-28)24-21-18-20(9-8-19(21)10-11-27-24)25(31)30-12-4-1-5-13-30/h2-3,6-11,18H,1,4-5,12-17H2. The molecule has 2 aliphatic heterocycles. The van der Waals surface area contributed by atoms with Crippen LogP contribution in [0.3, 0.4) is 0 Å². The van der Waals surface area contributed by atoms with E-state index in [0.717, 1.165) is 74.3 Å². The Kier molecular flexibility index (Phi) is 5.45. The van der Waals surface area contributed by atoms with Crippen LogP contribution in [0.25, 0.3) is 10.8 Å². The highest BCUT2D eigenvalue weighted by Gasteiger charge is 2.23. The maximum absolute atomic E-state index is 14.2. The lowest BCUT2D eigenvalue weighted by molar-refractivity contribution is 0.0724. The Balaban J connectivity index is 1.38. The topological polar surface area (TPSA) is 39.7 Å². The van der Waals surface area contributed by atoms with Gasteiger partial charge in [0.2, 0.25) is 0 Å². The van der Waals surface area contributed by atoms with Gasteiger partial charge in [0.1, 0.15) is 11.6 Å². The van der Waals surface area contributed by atoms with E-state index in [1.54, 1.807) is 6.07 Å². The Morgan fingerprint density at radius 1 is 0.839 bits per heavy atom. The van der Waals surface area contributed by atoms with Crippen molar-refractivity contribution >= 4 is 28.2 Å². The zero-order chi connectivity index (χ0) is 21.2. The molecule has 160 valence electrons. The van der Waals surface area contributed by atoms with Crippen LogP contribution in [0.2, 0.25) is 0 Å². The van der Waals surface area contributed by atoms with E-state index >= 15 is 0 Å². The summed E-state index contributed by atoms with van der Waals surface area (Å²) in [7, 11) is 0. The number of rotatable bonds is 3. The van der Waals surface area contributed by atoms with Gasteiger partial charge in [-0.2, -0.15) is 0 Å². The van der Waals surface area contributed by atoms with Crippen LogP contribution in [0, 0.1) is 5.82 Å². The van der Waals surface area contributed by atoms with E-state index in [1.807, 2.05) is 47.5 Å². The second kappa shape index (κ2) is 8.53. The molecular weight excluding hydrogens is 391 g/mol. The summed E-state index contributed by atoms with van der Waals surface area (Å²) >= 11 is 0. The number of hydrogen-bond acceptors (Lipinski definition) is 4. The summed E-state index contributed by atoms with van der Waals surface area (Å²) in [4.78, 5) is 24.0. The molecule has 2 aromatic carbocycles. The highest BCUT2D eigenvalue weighted by Crippen LogP contribution is 2.28. The number of fused-ring (bicyclic) bond motifs is 1. The van der Waals surface area contributed by atoms with Crippen LogP contribution in [-0.4, -0.2) is 55.1 Å². The molecule has 0 radical (unpaired) electrons. The third kappa shape index (κ3) is 3.94. The summed E-state index contributed by atoms with van der Waals surface area (Å²) in [5.41, 5.74) is 1.39. The number of anilines is 2. The zero-order valence-electron chi connectivity index (χ0n) is 17.6. The Morgan fingerprint density at radius 2 is 1.58 bits per heavy atom. The van der Waals surface area contributed by atoms with Crippen LogP contribution in [0.4, 0.5) is 15.9 Å². The second-order valence-electron chi connectivity index (χ2n) is 8.35. The summed E-state index contributed by atoms with van der Waals surface area (Å²) in [5, 5.41) is 2.08. The van der Waals surface area contributed by atoms with Gasteiger partial charge in [-0.15, -0.1) is 0 Å². The number of carbonyl (C=O) groups is 1. The van der Waals surface area contributed by atoms with Gasteiger partial charge < -0.3 is 14.7 Å². The fourth-order valence-electron chi connectivity index (χ4n) is 4.68. The number of amides is 1. The lowest BCUT2D eigenvalue weighted by Crippen LogP contribution is -2.47. The fourth-order valence-corrected chi connectivity index (χ4v) is 4.68. The van der Waals surface area contributed by atoms with Gasteiger partial charge in [0.25, 0.3) is 5.91 Å². The molecule has 0 atom stereocenters. The third-order valence-electron chi connectivity index (χ3n) is 6.41. The van der Waals surface area contributed by atoms with E-state index in [4.69, 9.17) is 0 Å². The number of piperidine rings is 1. The number of benzene rings is 2. The van der Waals surface area contributed by atoms with E-state index in [1.165, 1.54) is 12.5 Å². The summed E-state index contributed by atoms with van der Waals surface area (Å²) in [6.07, 6.45) is 5.19. The summed E-state index contributed by atoms with van der Waals surface area (Å²) in [5.74, 6) is 0.833. The van der Waals surface area contributed by atoms with Crippen molar-refractivity contribution in [1.82, 2.24) is 9.88 Å². The second-order valence-corrected chi connectivity index (χ2v) is 8.35. The largest absolute Gasteiger partial charge is 0.366 e. The van der Waals surface area contributed by atoms with Gasteiger partial charge in [-0.05, 0) is 55.0 Å². The smallest absolute Gasteiger partial charge is 0.253 e. The molecule has 0 saturated carbocycles. The lowest BCUT2D eigenvalue weighted by atomic mass is 10.0. The number of carbonyl (C=O) groups excluding carboxylic acids is 1. The molecule has 0 N–H and O–H groups in total. The molecule has 31 heavy (non-hydrogen) atoms. The first-order valence-electron chi connectivity index (χ1n) is 11.1. The van der Waals surface area contributed by atoms with Crippen molar-refractivity contribution in [2.45, 2.75) is 19.3 Å². The highest BCUT2D eigenvalue weighted by molar-refractivity contribution is 6.01. The van der Waals surface area contributed by atoms with Crippen LogP contribution < -0.4 is 9.80 Å². The molecule has 5 nitrogen and oxygen atoms in total. The molecule has 0 unspecified atom stereocenters. The van der Waals surface area contributed by atoms with Gasteiger partial charge >= 0.3 is 0 Å². The number of likely N-dealkylation sites (tertiary alicyclic amines) is 1. The van der Waals surface area contributed by atoms with Crippen molar-refractivity contribution in [3.8, 4) is 0 Å². The highest BCUT2D eigenvalue weighted by atomic mass is 19.1. The Morgan fingerprint density at radius 3 is 2.35 bits per heavy atom. The van der Waals surface area contributed by atoms with Crippen LogP contribution in [0.15, 0.2) is 54.7 Å². The maximum Gasteiger partial charge on any atom is 0.253 e. The number of pyridine rings is 1. The van der Waals surface area contributed by atoms with Crippen molar-refractivity contribution < 1.29 is 9.18 Å². The minimum Gasteiger partial charge on any atom is -0.366 e. The van der Waals surface area contributed by atoms with Gasteiger partial charge in [0.15, 0.2) is 0 Å². The SMILES string of the molecule is O=C(c1ccc2ccnc(N3CCN(c4ccccc4F)CC3)c2c1)N1CCCCC1. The third-order valence-corrected chi connectivity index (χ3v) is 6.41. The number of aromatic nitrogens is 1. The number of para-hydroxylation sites is 1. The normalized spacial score (nSPS) is 17.3. The molecule has 0 aliphatic carbocycles. The first-order valence-corrected chi connectivity index (χ1v) is 11.1. The van der Waals surface area contributed by atoms with Crippen molar-refractivity contribution in [2.24, 2.45) is 0 Å². The molecule has 3 aromatic rings. The molecule has 0 bridgehead atoms.